The maximum absolute atomic E-state index is 12.1. The summed E-state index contributed by atoms with van der Waals surface area (Å²) in [5.74, 6) is 0.202. The highest BCUT2D eigenvalue weighted by atomic mass is 127. The SMILES string of the molecule is CC(C)(C)NC(N)=NCC(O)c1cccc(OC(F)F)c1.I. The molecule has 1 rings (SSSR count). The van der Waals surface area contributed by atoms with Gasteiger partial charge in [-0.1, -0.05) is 12.1 Å². The lowest BCUT2D eigenvalue weighted by Crippen LogP contribution is -2.45. The van der Waals surface area contributed by atoms with Crippen LogP contribution >= 0.6 is 24.0 Å². The molecular formula is C14H22F2IN3O2. The molecule has 4 N–H and O–H groups in total. The van der Waals surface area contributed by atoms with Gasteiger partial charge in [0.1, 0.15) is 5.75 Å². The molecular weight excluding hydrogens is 407 g/mol. The number of aliphatic hydroxyl groups excluding tert-OH is 1. The van der Waals surface area contributed by atoms with Crippen LogP contribution < -0.4 is 15.8 Å². The number of alkyl halides is 2. The topological polar surface area (TPSA) is 79.9 Å². The number of nitrogens with one attached hydrogen (secondary N) is 1. The molecule has 5 nitrogen and oxygen atoms in total. The van der Waals surface area contributed by atoms with Gasteiger partial charge in [0.2, 0.25) is 0 Å². The van der Waals surface area contributed by atoms with Crippen LogP contribution in [0.3, 0.4) is 0 Å². The summed E-state index contributed by atoms with van der Waals surface area (Å²) in [5, 5.41) is 12.9. The van der Waals surface area contributed by atoms with E-state index in [1.54, 1.807) is 6.07 Å². The predicted octanol–water partition coefficient (Wildman–Crippen LogP) is 2.64. The number of hydrogen-bond acceptors (Lipinski definition) is 3. The summed E-state index contributed by atoms with van der Waals surface area (Å²) in [6.45, 7) is 2.90. The molecule has 0 spiro atoms. The number of guanidine groups is 1. The molecule has 22 heavy (non-hydrogen) atoms. The molecule has 0 radical (unpaired) electrons. The average Bonchev–Trinajstić information content (AvgIpc) is 2.33. The van der Waals surface area contributed by atoms with E-state index in [1.807, 2.05) is 20.8 Å². The second kappa shape index (κ2) is 9.09. The maximum atomic E-state index is 12.1. The van der Waals surface area contributed by atoms with E-state index >= 15 is 0 Å². The summed E-state index contributed by atoms with van der Waals surface area (Å²) in [4.78, 5) is 4.02. The van der Waals surface area contributed by atoms with Crippen molar-refractivity contribution in [1.82, 2.24) is 5.32 Å². The molecule has 1 unspecified atom stereocenters. The molecule has 0 heterocycles. The molecule has 1 aromatic rings. The number of nitrogens with zero attached hydrogens (tertiary/aromatic N) is 1. The average molecular weight is 429 g/mol. The third-order valence-electron chi connectivity index (χ3n) is 2.41. The normalized spacial score (nSPS) is 13.5. The van der Waals surface area contributed by atoms with Crippen molar-refractivity contribution in [2.24, 2.45) is 10.7 Å². The Bertz CT molecular complexity index is 493. The quantitative estimate of drug-likeness (QED) is 0.382. The Kier molecular flexibility index (Phi) is 8.61. The maximum Gasteiger partial charge on any atom is 0.387 e. The van der Waals surface area contributed by atoms with Gasteiger partial charge in [-0.3, -0.25) is 4.99 Å². The first kappa shape index (κ1) is 20.8. The van der Waals surface area contributed by atoms with E-state index < -0.39 is 12.7 Å². The van der Waals surface area contributed by atoms with Crippen molar-refractivity contribution < 1.29 is 18.6 Å². The molecule has 126 valence electrons. The molecule has 0 aliphatic heterocycles. The van der Waals surface area contributed by atoms with Gasteiger partial charge in [-0.2, -0.15) is 8.78 Å². The smallest absolute Gasteiger partial charge is 0.387 e. The van der Waals surface area contributed by atoms with Crippen molar-refractivity contribution in [3.8, 4) is 5.75 Å². The zero-order valence-corrected chi connectivity index (χ0v) is 15.0. The lowest BCUT2D eigenvalue weighted by molar-refractivity contribution is -0.0499. The van der Waals surface area contributed by atoms with Crippen molar-refractivity contribution in [1.29, 1.82) is 0 Å². The zero-order valence-electron chi connectivity index (χ0n) is 12.7. The van der Waals surface area contributed by atoms with Crippen molar-refractivity contribution in [3.63, 3.8) is 0 Å². The first-order valence-electron chi connectivity index (χ1n) is 6.48. The van der Waals surface area contributed by atoms with Gasteiger partial charge in [0.05, 0.1) is 12.6 Å². The van der Waals surface area contributed by atoms with Gasteiger partial charge >= 0.3 is 6.61 Å². The number of aliphatic hydroxyl groups is 1. The Balaban J connectivity index is 0.00000441. The van der Waals surface area contributed by atoms with Crippen LogP contribution in [0.1, 0.15) is 32.4 Å². The predicted molar refractivity (Wildman–Crippen MR) is 92.8 cm³/mol. The molecule has 0 saturated carbocycles. The highest BCUT2D eigenvalue weighted by molar-refractivity contribution is 14.0. The van der Waals surface area contributed by atoms with Crippen LogP contribution in [0.5, 0.6) is 5.75 Å². The first-order valence-corrected chi connectivity index (χ1v) is 6.48. The molecule has 8 heteroatoms. The van der Waals surface area contributed by atoms with Crippen LogP contribution in [0.15, 0.2) is 29.3 Å². The lowest BCUT2D eigenvalue weighted by atomic mass is 10.1. The molecule has 0 fully saturated rings. The molecule has 0 saturated heterocycles. The van der Waals surface area contributed by atoms with Gasteiger partial charge in [-0.25, -0.2) is 0 Å². The van der Waals surface area contributed by atoms with Crippen LogP contribution in [-0.4, -0.2) is 29.8 Å². The summed E-state index contributed by atoms with van der Waals surface area (Å²) >= 11 is 0. The highest BCUT2D eigenvalue weighted by Gasteiger charge is 2.12. The monoisotopic (exact) mass is 429 g/mol. The van der Waals surface area contributed by atoms with E-state index in [-0.39, 0.29) is 47.8 Å². The van der Waals surface area contributed by atoms with E-state index in [0.29, 0.717) is 5.56 Å². The number of ether oxygens (including phenoxy) is 1. The Morgan fingerprint density at radius 2 is 2.05 bits per heavy atom. The van der Waals surface area contributed by atoms with Crippen LogP contribution in [0.25, 0.3) is 0 Å². The van der Waals surface area contributed by atoms with Crippen molar-refractivity contribution in [2.45, 2.75) is 39.0 Å². The molecule has 0 bridgehead atoms. The standard InChI is InChI=1S/C14H21F2N3O2.HI/c1-14(2,3)19-13(17)18-8-11(20)9-5-4-6-10(7-9)21-12(15)16;/h4-7,11-12,20H,8H2,1-3H3,(H3,17,18,19);1H. The summed E-state index contributed by atoms with van der Waals surface area (Å²) in [6.07, 6.45) is -0.952. The van der Waals surface area contributed by atoms with E-state index in [1.165, 1.54) is 18.2 Å². The largest absolute Gasteiger partial charge is 0.435 e. The third kappa shape index (κ3) is 8.32. The van der Waals surface area contributed by atoms with Gasteiger partial charge in [-0.15, -0.1) is 24.0 Å². The fourth-order valence-corrected chi connectivity index (χ4v) is 1.61. The third-order valence-corrected chi connectivity index (χ3v) is 2.41. The number of halogens is 3. The molecule has 1 atom stereocenters. The second-order valence-electron chi connectivity index (χ2n) is 5.57. The minimum Gasteiger partial charge on any atom is -0.435 e. The fourth-order valence-electron chi connectivity index (χ4n) is 1.61. The number of hydrogen-bond donors (Lipinski definition) is 3. The van der Waals surface area contributed by atoms with Gasteiger partial charge in [-0.05, 0) is 38.5 Å². The van der Waals surface area contributed by atoms with E-state index in [2.05, 4.69) is 15.0 Å². The zero-order chi connectivity index (χ0) is 16.0. The van der Waals surface area contributed by atoms with Gasteiger partial charge in [0, 0.05) is 5.54 Å². The number of benzene rings is 1. The lowest BCUT2D eigenvalue weighted by Gasteiger charge is -2.21. The van der Waals surface area contributed by atoms with E-state index in [0.717, 1.165) is 0 Å². The number of rotatable bonds is 5. The Morgan fingerprint density at radius 3 is 2.59 bits per heavy atom. The van der Waals surface area contributed by atoms with Gasteiger partial charge in [0.25, 0.3) is 0 Å². The molecule has 0 amide bonds. The minimum absolute atomic E-state index is 0. The number of nitrogens with two attached hydrogens (primary N) is 1. The van der Waals surface area contributed by atoms with Crippen LogP contribution in [0.2, 0.25) is 0 Å². The Morgan fingerprint density at radius 1 is 1.41 bits per heavy atom. The first-order chi connectivity index (χ1) is 9.67. The summed E-state index contributed by atoms with van der Waals surface area (Å²) in [5.41, 5.74) is 5.88. The van der Waals surface area contributed by atoms with E-state index in [9.17, 15) is 13.9 Å². The molecule has 0 aromatic heterocycles. The van der Waals surface area contributed by atoms with Gasteiger partial charge in [0.15, 0.2) is 5.96 Å². The summed E-state index contributed by atoms with van der Waals surface area (Å²) in [7, 11) is 0. The van der Waals surface area contributed by atoms with Crippen LogP contribution in [-0.2, 0) is 0 Å². The fraction of sp³-hybridized carbons (Fsp3) is 0.500. The molecule has 0 aliphatic rings. The highest BCUT2D eigenvalue weighted by Crippen LogP contribution is 2.21. The minimum atomic E-state index is -2.90. The van der Waals surface area contributed by atoms with Crippen molar-refractivity contribution in [2.75, 3.05) is 6.54 Å². The van der Waals surface area contributed by atoms with Gasteiger partial charge < -0.3 is 20.9 Å². The molecule has 0 aliphatic carbocycles. The summed E-state index contributed by atoms with van der Waals surface area (Å²) < 4.78 is 28.5. The van der Waals surface area contributed by atoms with Crippen LogP contribution in [0, 0.1) is 0 Å². The second-order valence-corrected chi connectivity index (χ2v) is 5.57. The van der Waals surface area contributed by atoms with Crippen molar-refractivity contribution >= 4 is 29.9 Å². The van der Waals surface area contributed by atoms with Crippen LogP contribution in [0.4, 0.5) is 8.78 Å². The van der Waals surface area contributed by atoms with Crippen molar-refractivity contribution in [3.05, 3.63) is 29.8 Å². The Labute approximate surface area is 146 Å². The number of aliphatic imine (C=N–C) groups is 1. The Hall–Kier alpha value is -1.16. The van der Waals surface area contributed by atoms with E-state index in [4.69, 9.17) is 5.73 Å². The molecule has 1 aromatic carbocycles. The summed E-state index contributed by atoms with van der Waals surface area (Å²) in [6, 6.07) is 5.86.